The molecule has 1 aromatic carbocycles. The Bertz CT molecular complexity index is 500. The van der Waals surface area contributed by atoms with Crippen LogP contribution in [0.1, 0.15) is 33.1 Å². The van der Waals surface area contributed by atoms with E-state index >= 15 is 0 Å². The van der Waals surface area contributed by atoms with E-state index < -0.39 is 11.4 Å². The molecule has 0 saturated heterocycles. The predicted octanol–water partition coefficient (Wildman–Crippen LogP) is 3.15. The molecule has 0 aromatic heterocycles. The Balaban J connectivity index is 2.12. The van der Waals surface area contributed by atoms with Gasteiger partial charge in [0.15, 0.2) is 0 Å². The number of hydrogen-bond donors (Lipinski definition) is 2. The minimum Gasteiger partial charge on any atom is -0.481 e. The van der Waals surface area contributed by atoms with Crippen molar-refractivity contribution in [1.29, 1.82) is 0 Å². The standard InChI is InChI=1S/C16H21NO3/c1-11-13(9-6-10-16(11,2)15(19)20)14(18)17-12-7-4-3-5-8-12/h3-5,7-8,11,13H,6,9-10H2,1-2H3,(H,17,18)(H,19,20)/t11-,13+,16+/m0/s1. The van der Waals surface area contributed by atoms with Crippen LogP contribution in [0.4, 0.5) is 5.69 Å². The van der Waals surface area contributed by atoms with Crippen molar-refractivity contribution in [3.05, 3.63) is 30.3 Å². The van der Waals surface area contributed by atoms with Crippen molar-refractivity contribution < 1.29 is 14.7 Å². The highest BCUT2D eigenvalue weighted by molar-refractivity contribution is 5.93. The molecule has 0 unspecified atom stereocenters. The van der Waals surface area contributed by atoms with Gasteiger partial charge in [0.05, 0.1) is 5.41 Å². The van der Waals surface area contributed by atoms with Crippen molar-refractivity contribution in [2.75, 3.05) is 5.32 Å². The van der Waals surface area contributed by atoms with Crippen LogP contribution in [0.2, 0.25) is 0 Å². The fraction of sp³-hybridized carbons (Fsp3) is 0.500. The van der Waals surface area contributed by atoms with Gasteiger partial charge in [0.1, 0.15) is 0 Å². The zero-order valence-electron chi connectivity index (χ0n) is 11.9. The van der Waals surface area contributed by atoms with Gasteiger partial charge in [-0.05, 0) is 37.8 Å². The maximum Gasteiger partial charge on any atom is 0.309 e. The summed E-state index contributed by atoms with van der Waals surface area (Å²) < 4.78 is 0. The second-order valence-electron chi connectivity index (χ2n) is 5.87. The maximum absolute atomic E-state index is 12.4. The lowest BCUT2D eigenvalue weighted by atomic mass is 9.63. The SMILES string of the molecule is C[C@H]1[C@H](C(=O)Nc2ccccc2)CCC[C@@]1(C)C(=O)O. The third kappa shape index (κ3) is 2.69. The molecule has 1 aliphatic carbocycles. The summed E-state index contributed by atoms with van der Waals surface area (Å²) in [5.74, 6) is -1.29. The molecule has 0 bridgehead atoms. The molecule has 1 aliphatic rings. The number of carbonyl (C=O) groups excluding carboxylic acids is 1. The third-order valence-corrected chi connectivity index (χ3v) is 4.69. The molecule has 1 fully saturated rings. The topological polar surface area (TPSA) is 66.4 Å². The largest absolute Gasteiger partial charge is 0.481 e. The summed E-state index contributed by atoms with van der Waals surface area (Å²) in [5, 5.41) is 12.3. The smallest absolute Gasteiger partial charge is 0.309 e. The van der Waals surface area contributed by atoms with Crippen LogP contribution in [-0.2, 0) is 9.59 Å². The van der Waals surface area contributed by atoms with Crippen molar-refractivity contribution >= 4 is 17.6 Å². The first-order valence-electron chi connectivity index (χ1n) is 7.04. The minimum absolute atomic E-state index is 0.0733. The molecule has 1 aromatic rings. The van der Waals surface area contributed by atoms with Crippen molar-refractivity contribution in [3.8, 4) is 0 Å². The molecule has 3 atom stereocenters. The van der Waals surface area contributed by atoms with Crippen molar-refractivity contribution in [2.24, 2.45) is 17.3 Å². The zero-order chi connectivity index (χ0) is 14.8. The van der Waals surface area contributed by atoms with E-state index in [1.54, 1.807) is 6.92 Å². The van der Waals surface area contributed by atoms with Crippen LogP contribution >= 0.6 is 0 Å². The molecule has 2 rings (SSSR count). The Hall–Kier alpha value is -1.84. The van der Waals surface area contributed by atoms with E-state index in [1.165, 1.54) is 0 Å². The number of carbonyl (C=O) groups is 2. The highest BCUT2D eigenvalue weighted by atomic mass is 16.4. The molecule has 4 nitrogen and oxygen atoms in total. The highest BCUT2D eigenvalue weighted by Crippen LogP contribution is 2.44. The molecular weight excluding hydrogens is 254 g/mol. The van der Waals surface area contributed by atoms with Gasteiger partial charge in [0, 0.05) is 11.6 Å². The van der Waals surface area contributed by atoms with Crippen molar-refractivity contribution in [3.63, 3.8) is 0 Å². The van der Waals surface area contributed by atoms with Gasteiger partial charge >= 0.3 is 5.97 Å². The number of benzene rings is 1. The van der Waals surface area contributed by atoms with Crippen molar-refractivity contribution in [1.82, 2.24) is 0 Å². The summed E-state index contributed by atoms with van der Waals surface area (Å²) in [4.78, 5) is 23.9. The molecule has 0 heterocycles. The fourth-order valence-corrected chi connectivity index (χ4v) is 3.03. The van der Waals surface area contributed by atoms with Crippen LogP contribution in [0, 0.1) is 17.3 Å². The van der Waals surface area contributed by atoms with Gasteiger partial charge in [-0.2, -0.15) is 0 Å². The van der Waals surface area contributed by atoms with E-state index in [1.807, 2.05) is 37.3 Å². The first-order valence-corrected chi connectivity index (χ1v) is 7.04. The van der Waals surface area contributed by atoms with Crippen LogP contribution in [-0.4, -0.2) is 17.0 Å². The third-order valence-electron chi connectivity index (χ3n) is 4.69. The zero-order valence-corrected chi connectivity index (χ0v) is 11.9. The Morgan fingerprint density at radius 3 is 2.55 bits per heavy atom. The first-order chi connectivity index (χ1) is 9.45. The number of carboxylic acids is 1. The normalized spacial score (nSPS) is 29.7. The number of nitrogens with one attached hydrogen (secondary N) is 1. The summed E-state index contributed by atoms with van der Waals surface area (Å²) in [6.07, 6.45) is 2.17. The predicted molar refractivity (Wildman–Crippen MR) is 77.3 cm³/mol. The molecule has 20 heavy (non-hydrogen) atoms. The molecule has 1 saturated carbocycles. The minimum atomic E-state index is -0.809. The van der Waals surface area contributed by atoms with Crippen LogP contribution in [0.5, 0.6) is 0 Å². The lowest BCUT2D eigenvalue weighted by molar-refractivity contribution is -0.156. The monoisotopic (exact) mass is 275 g/mol. The molecule has 0 radical (unpaired) electrons. The van der Waals surface area contributed by atoms with Crippen LogP contribution in [0.15, 0.2) is 30.3 Å². The highest BCUT2D eigenvalue weighted by Gasteiger charge is 2.47. The summed E-state index contributed by atoms with van der Waals surface area (Å²) in [5.41, 5.74) is -0.0518. The Morgan fingerprint density at radius 2 is 1.95 bits per heavy atom. The second kappa shape index (κ2) is 5.65. The summed E-state index contributed by atoms with van der Waals surface area (Å²) >= 11 is 0. The average molecular weight is 275 g/mol. The fourth-order valence-electron chi connectivity index (χ4n) is 3.03. The van der Waals surface area contributed by atoms with E-state index in [0.717, 1.165) is 18.5 Å². The van der Waals surface area contributed by atoms with Crippen LogP contribution < -0.4 is 5.32 Å². The number of hydrogen-bond acceptors (Lipinski definition) is 2. The summed E-state index contributed by atoms with van der Waals surface area (Å²) in [6.45, 7) is 3.63. The van der Waals surface area contributed by atoms with E-state index in [4.69, 9.17) is 0 Å². The van der Waals surface area contributed by atoms with Gasteiger partial charge in [-0.15, -0.1) is 0 Å². The van der Waals surface area contributed by atoms with Gasteiger partial charge in [0.2, 0.25) is 5.91 Å². The molecule has 2 N–H and O–H groups in total. The number of amides is 1. The molecule has 1 amide bonds. The number of anilines is 1. The number of carboxylic acid groups (broad SMARTS) is 1. The Morgan fingerprint density at radius 1 is 1.30 bits per heavy atom. The van der Waals surface area contributed by atoms with E-state index in [-0.39, 0.29) is 17.7 Å². The van der Waals surface area contributed by atoms with E-state index in [0.29, 0.717) is 6.42 Å². The molecular formula is C16H21NO3. The lowest BCUT2D eigenvalue weighted by Crippen LogP contribution is -2.45. The van der Waals surface area contributed by atoms with Gasteiger partial charge in [-0.1, -0.05) is 31.5 Å². The van der Waals surface area contributed by atoms with E-state index in [2.05, 4.69) is 5.32 Å². The second-order valence-corrected chi connectivity index (χ2v) is 5.87. The lowest BCUT2D eigenvalue weighted by Gasteiger charge is -2.40. The van der Waals surface area contributed by atoms with E-state index in [9.17, 15) is 14.7 Å². The molecule has 4 heteroatoms. The Kier molecular flexibility index (Phi) is 4.12. The van der Waals surface area contributed by atoms with Crippen LogP contribution in [0.3, 0.4) is 0 Å². The van der Waals surface area contributed by atoms with Gasteiger partial charge in [-0.25, -0.2) is 0 Å². The quantitative estimate of drug-likeness (QED) is 0.890. The molecule has 108 valence electrons. The van der Waals surface area contributed by atoms with Gasteiger partial charge in [-0.3, -0.25) is 9.59 Å². The number of para-hydroxylation sites is 1. The number of aliphatic carboxylic acids is 1. The van der Waals surface area contributed by atoms with Crippen molar-refractivity contribution in [2.45, 2.75) is 33.1 Å². The van der Waals surface area contributed by atoms with Gasteiger partial charge in [0.25, 0.3) is 0 Å². The van der Waals surface area contributed by atoms with Crippen LogP contribution in [0.25, 0.3) is 0 Å². The molecule has 0 spiro atoms. The summed E-state index contributed by atoms with van der Waals surface area (Å²) in [6, 6.07) is 9.28. The summed E-state index contributed by atoms with van der Waals surface area (Å²) in [7, 11) is 0. The van der Waals surface area contributed by atoms with Gasteiger partial charge < -0.3 is 10.4 Å². The average Bonchev–Trinajstić information content (AvgIpc) is 2.42. The maximum atomic E-state index is 12.4. The number of rotatable bonds is 3. The first kappa shape index (κ1) is 14.6. The Labute approximate surface area is 119 Å². The molecule has 0 aliphatic heterocycles.